The van der Waals surface area contributed by atoms with E-state index in [4.69, 9.17) is 5.11 Å². The maximum atomic E-state index is 11.0. The highest BCUT2D eigenvalue weighted by Crippen LogP contribution is 2.18. The van der Waals surface area contributed by atoms with Crippen LogP contribution in [0.1, 0.15) is 41.0 Å². The Balaban J connectivity index is 4.35. The van der Waals surface area contributed by atoms with Gasteiger partial charge in [0, 0.05) is 12.6 Å². The van der Waals surface area contributed by atoms with Crippen LogP contribution in [-0.4, -0.2) is 35.1 Å². The molecule has 84 valence electrons. The molecule has 0 aromatic heterocycles. The van der Waals surface area contributed by atoms with Crippen molar-refractivity contribution in [3.63, 3.8) is 0 Å². The minimum atomic E-state index is -0.723. The van der Waals surface area contributed by atoms with Crippen LogP contribution >= 0.6 is 0 Å². The lowest BCUT2D eigenvalue weighted by Crippen LogP contribution is -2.42. The minimum absolute atomic E-state index is 0.411. The summed E-state index contributed by atoms with van der Waals surface area (Å²) in [6, 6.07) is 0.411. The van der Waals surface area contributed by atoms with E-state index in [1.54, 1.807) is 13.8 Å². The standard InChI is InChI=1S/C11H23NO2/c1-6-7-12(9(2)3)8-11(4,5)10(13)14/h9H,6-8H2,1-5H3,(H,13,14). The van der Waals surface area contributed by atoms with Gasteiger partial charge in [-0.1, -0.05) is 6.92 Å². The average Bonchev–Trinajstić information content (AvgIpc) is 2.02. The molecule has 0 radical (unpaired) electrons. The molecule has 0 unspecified atom stereocenters. The third-order valence-corrected chi connectivity index (χ3v) is 2.42. The summed E-state index contributed by atoms with van der Waals surface area (Å²) in [5.41, 5.74) is -0.653. The Hall–Kier alpha value is -0.570. The number of carbonyl (C=O) groups is 1. The molecule has 0 saturated carbocycles. The Bertz CT molecular complexity index is 188. The van der Waals surface area contributed by atoms with Gasteiger partial charge in [-0.15, -0.1) is 0 Å². The fraction of sp³-hybridized carbons (Fsp3) is 0.909. The molecule has 0 amide bonds. The average molecular weight is 201 g/mol. The fourth-order valence-corrected chi connectivity index (χ4v) is 1.38. The van der Waals surface area contributed by atoms with Crippen LogP contribution in [0.5, 0.6) is 0 Å². The normalized spacial score (nSPS) is 12.5. The van der Waals surface area contributed by atoms with E-state index in [1.165, 1.54) is 0 Å². The summed E-state index contributed by atoms with van der Waals surface area (Å²) in [5.74, 6) is -0.723. The molecule has 0 bridgehead atoms. The molecule has 0 aliphatic heterocycles. The topological polar surface area (TPSA) is 40.5 Å². The second-order valence-electron chi connectivity index (χ2n) is 4.75. The third-order valence-electron chi connectivity index (χ3n) is 2.42. The second-order valence-corrected chi connectivity index (χ2v) is 4.75. The molecule has 0 heterocycles. The van der Waals surface area contributed by atoms with E-state index in [-0.39, 0.29) is 0 Å². The van der Waals surface area contributed by atoms with Gasteiger partial charge in [0.25, 0.3) is 0 Å². The molecule has 0 aliphatic rings. The Morgan fingerprint density at radius 2 is 1.93 bits per heavy atom. The monoisotopic (exact) mass is 201 g/mol. The molecule has 0 rings (SSSR count). The third kappa shape index (κ3) is 4.09. The van der Waals surface area contributed by atoms with Crippen molar-refractivity contribution in [3.05, 3.63) is 0 Å². The smallest absolute Gasteiger partial charge is 0.310 e. The van der Waals surface area contributed by atoms with Crippen molar-refractivity contribution in [2.45, 2.75) is 47.1 Å². The molecule has 3 nitrogen and oxygen atoms in total. The number of carboxylic acid groups (broad SMARTS) is 1. The zero-order valence-corrected chi connectivity index (χ0v) is 10.0. The summed E-state index contributed by atoms with van der Waals surface area (Å²) >= 11 is 0. The van der Waals surface area contributed by atoms with E-state index >= 15 is 0 Å². The quantitative estimate of drug-likeness (QED) is 0.716. The summed E-state index contributed by atoms with van der Waals surface area (Å²) in [4.78, 5) is 13.2. The molecule has 0 spiro atoms. The van der Waals surface area contributed by atoms with Gasteiger partial charge in [0.15, 0.2) is 0 Å². The van der Waals surface area contributed by atoms with Crippen molar-refractivity contribution in [1.29, 1.82) is 0 Å². The SMILES string of the molecule is CCCN(CC(C)(C)C(=O)O)C(C)C. The highest BCUT2D eigenvalue weighted by atomic mass is 16.4. The molecule has 14 heavy (non-hydrogen) atoms. The number of hydrogen-bond donors (Lipinski definition) is 1. The summed E-state index contributed by atoms with van der Waals surface area (Å²) in [6.45, 7) is 11.5. The Morgan fingerprint density at radius 1 is 1.43 bits per heavy atom. The zero-order valence-electron chi connectivity index (χ0n) is 10.0. The molecule has 0 aromatic rings. The molecule has 0 atom stereocenters. The Kier molecular flexibility index (Phi) is 5.13. The molecule has 0 saturated heterocycles. The maximum absolute atomic E-state index is 11.0. The van der Waals surface area contributed by atoms with Crippen LogP contribution in [-0.2, 0) is 4.79 Å². The van der Waals surface area contributed by atoms with Crippen LogP contribution in [0.4, 0.5) is 0 Å². The molecule has 0 fully saturated rings. The summed E-state index contributed by atoms with van der Waals surface area (Å²) in [7, 11) is 0. The first-order valence-corrected chi connectivity index (χ1v) is 5.28. The Labute approximate surface area is 87.1 Å². The van der Waals surface area contributed by atoms with Crippen LogP contribution in [0.25, 0.3) is 0 Å². The predicted molar refractivity (Wildman–Crippen MR) is 58.4 cm³/mol. The van der Waals surface area contributed by atoms with Gasteiger partial charge in [-0.25, -0.2) is 0 Å². The van der Waals surface area contributed by atoms with Crippen LogP contribution in [0.3, 0.4) is 0 Å². The van der Waals surface area contributed by atoms with Crippen LogP contribution in [0.2, 0.25) is 0 Å². The Morgan fingerprint density at radius 3 is 2.21 bits per heavy atom. The molecular formula is C11H23NO2. The molecular weight excluding hydrogens is 178 g/mol. The van der Waals surface area contributed by atoms with E-state index in [0.29, 0.717) is 12.6 Å². The first-order valence-electron chi connectivity index (χ1n) is 5.28. The predicted octanol–water partition coefficient (Wildman–Crippen LogP) is 2.22. The number of carboxylic acids is 1. The fourth-order valence-electron chi connectivity index (χ4n) is 1.38. The van der Waals surface area contributed by atoms with E-state index in [9.17, 15) is 4.79 Å². The van der Waals surface area contributed by atoms with Gasteiger partial charge >= 0.3 is 5.97 Å². The molecule has 3 heteroatoms. The van der Waals surface area contributed by atoms with Gasteiger partial charge in [0.05, 0.1) is 5.41 Å². The van der Waals surface area contributed by atoms with Gasteiger partial charge in [-0.3, -0.25) is 9.69 Å². The van der Waals surface area contributed by atoms with Gasteiger partial charge < -0.3 is 5.11 Å². The lowest BCUT2D eigenvalue weighted by atomic mass is 9.92. The van der Waals surface area contributed by atoms with Crippen molar-refractivity contribution >= 4 is 5.97 Å². The maximum Gasteiger partial charge on any atom is 0.310 e. The van der Waals surface area contributed by atoms with E-state index < -0.39 is 11.4 Å². The van der Waals surface area contributed by atoms with E-state index in [2.05, 4.69) is 25.7 Å². The number of nitrogens with zero attached hydrogens (tertiary/aromatic N) is 1. The van der Waals surface area contributed by atoms with Crippen molar-refractivity contribution in [1.82, 2.24) is 4.90 Å². The first-order chi connectivity index (χ1) is 6.31. The highest BCUT2D eigenvalue weighted by molar-refractivity contribution is 5.73. The number of aliphatic carboxylic acids is 1. The number of rotatable bonds is 6. The van der Waals surface area contributed by atoms with Crippen LogP contribution in [0, 0.1) is 5.41 Å². The van der Waals surface area contributed by atoms with E-state index in [1.807, 2.05) is 0 Å². The lowest BCUT2D eigenvalue weighted by Gasteiger charge is -2.32. The zero-order chi connectivity index (χ0) is 11.4. The summed E-state index contributed by atoms with van der Waals surface area (Å²) < 4.78 is 0. The minimum Gasteiger partial charge on any atom is -0.481 e. The van der Waals surface area contributed by atoms with Crippen LogP contribution < -0.4 is 0 Å². The van der Waals surface area contributed by atoms with Crippen molar-refractivity contribution in [3.8, 4) is 0 Å². The summed E-state index contributed by atoms with van der Waals surface area (Å²) in [5, 5.41) is 9.01. The van der Waals surface area contributed by atoms with Gasteiger partial charge in [-0.2, -0.15) is 0 Å². The lowest BCUT2D eigenvalue weighted by molar-refractivity contribution is -0.148. The molecule has 1 N–H and O–H groups in total. The van der Waals surface area contributed by atoms with Crippen LogP contribution in [0.15, 0.2) is 0 Å². The van der Waals surface area contributed by atoms with E-state index in [0.717, 1.165) is 13.0 Å². The molecule has 0 aromatic carbocycles. The van der Waals surface area contributed by atoms with Crippen molar-refractivity contribution in [2.24, 2.45) is 5.41 Å². The number of hydrogen-bond acceptors (Lipinski definition) is 2. The second kappa shape index (κ2) is 5.35. The van der Waals surface area contributed by atoms with Crippen molar-refractivity contribution in [2.75, 3.05) is 13.1 Å². The van der Waals surface area contributed by atoms with Crippen molar-refractivity contribution < 1.29 is 9.90 Å². The van der Waals surface area contributed by atoms with Gasteiger partial charge in [-0.05, 0) is 40.7 Å². The van der Waals surface area contributed by atoms with Gasteiger partial charge in [0.1, 0.15) is 0 Å². The highest BCUT2D eigenvalue weighted by Gasteiger charge is 2.30. The van der Waals surface area contributed by atoms with Gasteiger partial charge in [0.2, 0.25) is 0 Å². The summed E-state index contributed by atoms with van der Waals surface area (Å²) in [6.07, 6.45) is 1.06. The molecule has 0 aliphatic carbocycles. The largest absolute Gasteiger partial charge is 0.481 e. The first kappa shape index (κ1) is 13.4.